The Morgan fingerprint density at radius 1 is 1.46 bits per heavy atom. The molecule has 0 radical (unpaired) electrons. The normalized spacial score (nSPS) is 13.1. The van der Waals surface area contributed by atoms with Gasteiger partial charge in [-0.3, -0.25) is 4.57 Å². The summed E-state index contributed by atoms with van der Waals surface area (Å²) in [4.78, 5) is 8.38. The zero-order valence-electron chi connectivity index (χ0n) is 6.89. The summed E-state index contributed by atoms with van der Waals surface area (Å²) in [5, 5.41) is 8.80. The van der Waals surface area contributed by atoms with E-state index in [-0.39, 0.29) is 6.61 Å². The Morgan fingerprint density at radius 3 is 2.62 bits per heavy atom. The summed E-state index contributed by atoms with van der Waals surface area (Å²) >= 11 is 1.29. The number of ether oxygens (including phenoxy) is 1. The minimum atomic E-state index is -2.88. The second-order valence-electron chi connectivity index (χ2n) is 2.08. The number of aromatic nitrogens is 2. The maximum Gasteiger partial charge on any atom is 0.316 e. The van der Waals surface area contributed by atoms with Crippen LogP contribution in [0.3, 0.4) is 0 Å². The third kappa shape index (κ3) is 3.93. The van der Waals surface area contributed by atoms with Gasteiger partial charge in [0.1, 0.15) is 16.6 Å². The highest BCUT2D eigenvalue weighted by molar-refractivity contribution is 7.32. The summed E-state index contributed by atoms with van der Waals surface area (Å²) in [5.41, 5.74) is 0. The number of nitrogens with zero attached hydrogens (tertiary/aromatic N) is 2. The maximum absolute atomic E-state index is 10.2. The first-order chi connectivity index (χ1) is 6.22. The first-order valence-electron chi connectivity index (χ1n) is 3.38. The van der Waals surface area contributed by atoms with Crippen molar-refractivity contribution in [1.29, 1.82) is 0 Å². The van der Waals surface area contributed by atoms with Gasteiger partial charge in [0.05, 0.1) is 6.61 Å². The van der Waals surface area contributed by atoms with E-state index in [1.807, 2.05) is 0 Å². The molecular weight excluding hydrogens is 215 g/mol. The molecule has 8 heteroatoms. The Hall–Kier alpha value is -0.330. The zero-order chi connectivity index (χ0) is 9.68. The lowest BCUT2D eigenvalue weighted by Gasteiger charge is -1.92. The fourth-order valence-corrected chi connectivity index (χ4v) is 1.75. The standard InChI is InChI=1S/C5H9N2O4PS/c1-10-2-4-6-7-5(13-4)3-11-12(8)9/h12H,2-3H2,1H3,(H,8,9). The molecule has 1 N–H and O–H groups in total. The SMILES string of the molecule is COCc1nnc(CO[PH](=O)O)s1. The number of hydrogen-bond donors (Lipinski definition) is 1. The number of hydrogen-bond acceptors (Lipinski definition) is 6. The first-order valence-corrected chi connectivity index (χ1v) is 5.46. The predicted molar refractivity (Wildman–Crippen MR) is 46.6 cm³/mol. The van der Waals surface area contributed by atoms with Crippen molar-refractivity contribution in [1.82, 2.24) is 10.2 Å². The van der Waals surface area contributed by atoms with Crippen molar-refractivity contribution < 1.29 is 18.7 Å². The molecule has 1 unspecified atom stereocenters. The molecule has 13 heavy (non-hydrogen) atoms. The summed E-state index contributed by atoms with van der Waals surface area (Å²) < 4.78 is 19.5. The van der Waals surface area contributed by atoms with Crippen molar-refractivity contribution in [2.45, 2.75) is 13.2 Å². The molecule has 0 aromatic carbocycles. The fourth-order valence-electron chi connectivity index (χ4n) is 0.652. The van der Waals surface area contributed by atoms with Gasteiger partial charge in [0.15, 0.2) is 0 Å². The highest BCUT2D eigenvalue weighted by Gasteiger charge is 2.04. The van der Waals surface area contributed by atoms with E-state index < -0.39 is 8.25 Å². The topological polar surface area (TPSA) is 81.5 Å². The molecule has 0 saturated carbocycles. The Labute approximate surface area is 79.5 Å². The molecule has 0 aliphatic carbocycles. The van der Waals surface area contributed by atoms with Crippen LogP contribution < -0.4 is 0 Å². The van der Waals surface area contributed by atoms with E-state index in [1.165, 1.54) is 11.3 Å². The molecule has 1 atom stereocenters. The fraction of sp³-hybridized carbons (Fsp3) is 0.600. The molecule has 0 saturated heterocycles. The van der Waals surface area contributed by atoms with Gasteiger partial charge < -0.3 is 14.2 Å². The van der Waals surface area contributed by atoms with Gasteiger partial charge in [-0.15, -0.1) is 10.2 Å². The quantitative estimate of drug-likeness (QED) is 0.737. The summed E-state index contributed by atoms with van der Waals surface area (Å²) in [6.45, 7) is 0.418. The van der Waals surface area contributed by atoms with Crippen molar-refractivity contribution in [3.05, 3.63) is 10.0 Å². The molecule has 6 nitrogen and oxygen atoms in total. The first kappa shape index (κ1) is 10.7. The molecule has 1 aromatic heterocycles. The van der Waals surface area contributed by atoms with Gasteiger partial charge >= 0.3 is 8.25 Å². The number of methoxy groups -OCH3 is 1. The lowest BCUT2D eigenvalue weighted by atomic mass is 10.8. The van der Waals surface area contributed by atoms with E-state index in [9.17, 15) is 4.57 Å². The summed E-state index contributed by atoms with van der Waals surface area (Å²) in [6.07, 6.45) is 0. The molecule has 0 bridgehead atoms. The average Bonchev–Trinajstić information content (AvgIpc) is 2.50. The van der Waals surface area contributed by atoms with E-state index >= 15 is 0 Å². The molecule has 0 spiro atoms. The Kier molecular flexibility index (Phi) is 4.47. The second-order valence-corrected chi connectivity index (χ2v) is 4.04. The minimum Gasteiger partial charge on any atom is -0.377 e. The number of rotatable bonds is 5. The average molecular weight is 224 g/mol. The molecule has 0 aliphatic rings. The van der Waals surface area contributed by atoms with Crippen LogP contribution in [0.2, 0.25) is 0 Å². The van der Waals surface area contributed by atoms with Crippen LogP contribution in [-0.4, -0.2) is 22.2 Å². The molecular formula is C5H9N2O4PS. The zero-order valence-corrected chi connectivity index (χ0v) is 8.71. The van der Waals surface area contributed by atoms with Crippen LogP contribution in [0, 0.1) is 0 Å². The van der Waals surface area contributed by atoms with E-state index in [4.69, 9.17) is 9.63 Å². The van der Waals surface area contributed by atoms with Gasteiger partial charge in [0.25, 0.3) is 0 Å². The molecule has 74 valence electrons. The van der Waals surface area contributed by atoms with Crippen molar-refractivity contribution in [3.63, 3.8) is 0 Å². The Balaban J connectivity index is 2.44. The van der Waals surface area contributed by atoms with Gasteiger partial charge in [0.2, 0.25) is 0 Å². The van der Waals surface area contributed by atoms with Crippen LogP contribution in [0.1, 0.15) is 10.0 Å². The third-order valence-corrected chi connectivity index (χ3v) is 2.36. The molecule has 1 aromatic rings. The predicted octanol–water partition coefficient (Wildman–Crippen LogP) is 0.583. The molecule has 0 aliphatic heterocycles. The van der Waals surface area contributed by atoms with E-state index in [1.54, 1.807) is 7.11 Å². The monoisotopic (exact) mass is 224 g/mol. The van der Waals surface area contributed by atoms with Crippen LogP contribution in [-0.2, 0) is 27.0 Å². The van der Waals surface area contributed by atoms with Crippen LogP contribution in [0.4, 0.5) is 0 Å². The summed E-state index contributed by atoms with van der Waals surface area (Å²) in [5.74, 6) is 0. The second kappa shape index (κ2) is 5.41. The third-order valence-electron chi connectivity index (χ3n) is 1.10. The summed E-state index contributed by atoms with van der Waals surface area (Å²) in [6, 6.07) is 0. The Bertz CT molecular complexity index is 292. The van der Waals surface area contributed by atoms with Crippen LogP contribution in [0.15, 0.2) is 0 Å². The molecule has 0 amide bonds. The molecule has 0 fully saturated rings. The summed E-state index contributed by atoms with van der Waals surface area (Å²) in [7, 11) is -1.32. The Morgan fingerprint density at radius 2 is 2.08 bits per heavy atom. The highest BCUT2D eigenvalue weighted by atomic mass is 32.1. The van der Waals surface area contributed by atoms with E-state index in [0.29, 0.717) is 11.6 Å². The molecule has 1 rings (SSSR count). The van der Waals surface area contributed by atoms with Gasteiger partial charge in [0, 0.05) is 7.11 Å². The maximum atomic E-state index is 10.2. The van der Waals surface area contributed by atoms with Crippen molar-refractivity contribution in [2.24, 2.45) is 0 Å². The van der Waals surface area contributed by atoms with Gasteiger partial charge in [-0.2, -0.15) is 0 Å². The molecule has 1 heterocycles. The van der Waals surface area contributed by atoms with Crippen LogP contribution >= 0.6 is 19.6 Å². The minimum absolute atomic E-state index is 0.0235. The van der Waals surface area contributed by atoms with E-state index in [2.05, 4.69) is 14.7 Å². The van der Waals surface area contributed by atoms with Crippen LogP contribution in [0.5, 0.6) is 0 Å². The van der Waals surface area contributed by atoms with Crippen molar-refractivity contribution in [3.8, 4) is 0 Å². The van der Waals surface area contributed by atoms with Crippen LogP contribution in [0.25, 0.3) is 0 Å². The van der Waals surface area contributed by atoms with Crippen molar-refractivity contribution in [2.75, 3.05) is 7.11 Å². The van der Waals surface area contributed by atoms with Gasteiger partial charge in [-0.1, -0.05) is 11.3 Å². The lowest BCUT2D eigenvalue weighted by Crippen LogP contribution is -1.85. The largest absolute Gasteiger partial charge is 0.377 e. The lowest BCUT2D eigenvalue weighted by molar-refractivity contribution is 0.184. The van der Waals surface area contributed by atoms with Gasteiger partial charge in [-0.25, -0.2) is 0 Å². The smallest absolute Gasteiger partial charge is 0.316 e. The van der Waals surface area contributed by atoms with Crippen molar-refractivity contribution >= 4 is 19.6 Å². The van der Waals surface area contributed by atoms with Gasteiger partial charge in [-0.05, 0) is 0 Å². The van der Waals surface area contributed by atoms with E-state index in [0.717, 1.165) is 5.01 Å². The highest BCUT2D eigenvalue weighted by Crippen LogP contribution is 2.19.